The Kier molecular flexibility index (Phi) is 13.2. The van der Waals surface area contributed by atoms with Crippen LogP contribution in [0.1, 0.15) is 73.6 Å². The van der Waals surface area contributed by atoms with Crippen molar-refractivity contribution in [3.63, 3.8) is 0 Å². The van der Waals surface area contributed by atoms with Gasteiger partial charge in [-0.2, -0.15) is 0 Å². The molecule has 0 spiro atoms. The van der Waals surface area contributed by atoms with Crippen LogP contribution < -0.4 is 20.9 Å². The Morgan fingerprint density at radius 3 is 1.19 bits per heavy atom. The number of unbranched alkanes of at least 4 members (excludes halogenated alkanes) is 6. The number of ether oxygens (including phenoxy) is 2. The fraction of sp³-hybridized carbons (Fsp3) is 0.316. The average Bonchev–Trinajstić information content (AvgIpc) is 3.04. The van der Waals surface area contributed by atoms with Crippen molar-refractivity contribution < 1.29 is 9.47 Å². The first-order valence-electron chi connectivity index (χ1n) is 15.5. The second-order valence-electron chi connectivity index (χ2n) is 10.6. The van der Waals surface area contributed by atoms with Gasteiger partial charge in [-0.3, -0.25) is 0 Å². The molecular formula is C38H46N2O2. The molecule has 0 saturated carbocycles. The highest BCUT2D eigenvalue weighted by atomic mass is 16.5. The van der Waals surface area contributed by atoms with Crippen molar-refractivity contribution in [2.45, 2.75) is 51.4 Å². The molecule has 0 bridgehead atoms. The summed E-state index contributed by atoms with van der Waals surface area (Å²) >= 11 is 0. The SMILES string of the molecule is NCCCCCCOc1cccc(/C(=C(/c2ccccc2)c2cccc(OCCCCCCN)c2)c2ccccc2)c1. The lowest BCUT2D eigenvalue weighted by atomic mass is 9.85. The Labute approximate surface area is 252 Å². The van der Waals surface area contributed by atoms with Crippen LogP contribution in [0, 0.1) is 0 Å². The third kappa shape index (κ3) is 9.61. The number of hydrogen-bond acceptors (Lipinski definition) is 4. The summed E-state index contributed by atoms with van der Waals surface area (Å²) in [5.74, 6) is 1.78. The molecule has 4 nitrogen and oxygen atoms in total. The van der Waals surface area contributed by atoms with Gasteiger partial charge in [0.05, 0.1) is 13.2 Å². The molecule has 0 aliphatic carbocycles. The van der Waals surface area contributed by atoms with E-state index in [2.05, 4.69) is 109 Å². The van der Waals surface area contributed by atoms with Crippen molar-refractivity contribution in [2.75, 3.05) is 26.3 Å². The lowest BCUT2D eigenvalue weighted by Crippen LogP contribution is -2.02. The van der Waals surface area contributed by atoms with E-state index in [9.17, 15) is 0 Å². The van der Waals surface area contributed by atoms with E-state index in [4.69, 9.17) is 20.9 Å². The average molecular weight is 563 g/mol. The summed E-state index contributed by atoms with van der Waals surface area (Å²) in [4.78, 5) is 0. The number of nitrogens with two attached hydrogens (primary N) is 2. The van der Waals surface area contributed by atoms with Crippen molar-refractivity contribution >= 4 is 11.1 Å². The van der Waals surface area contributed by atoms with Crippen LogP contribution in [-0.2, 0) is 0 Å². The predicted molar refractivity (Wildman–Crippen MR) is 177 cm³/mol. The fourth-order valence-electron chi connectivity index (χ4n) is 5.18. The van der Waals surface area contributed by atoms with Crippen molar-refractivity contribution in [1.82, 2.24) is 0 Å². The van der Waals surface area contributed by atoms with Crippen LogP contribution in [0.3, 0.4) is 0 Å². The van der Waals surface area contributed by atoms with Crippen molar-refractivity contribution in [3.8, 4) is 11.5 Å². The molecule has 4 N–H and O–H groups in total. The van der Waals surface area contributed by atoms with E-state index in [0.717, 1.165) is 109 Å². The smallest absolute Gasteiger partial charge is 0.119 e. The zero-order valence-corrected chi connectivity index (χ0v) is 24.8. The van der Waals surface area contributed by atoms with Crippen LogP contribution in [0.2, 0.25) is 0 Å². The molecule has 0 fully saturated rings. The maximum absolute atomic E-state index is 6.22. The van der Waals surface area contributed by atoms with E-state index in [-0.39, 0.29) is 0 Å². The molecule has 4 heteroatoms. The van der Waals surface area contributed by atoms with Crippen molar-refractivity contribution in [1.29, 1.82) is 0 Å². The molecule has 4 aromatic rings. The van der Waals surface area contributed by atoms with Gasteiger partial charge in [0.15, 0.2) is 0 Å². The van der Waals surface area contributed by atoms with E-state index in [0.29, 0.717) is 13.2 Å². The maximum atomic E-state index is 6.22. The molecule has 0 aliphatic heterocycles. The molecule has 0 aromatic heterocycles. The van der Waals surface area contributed by atoms with E-state index >= 15 is 0 Å². The highest BCUT2D eigenvalue weighted by Crippen LogP contribution is 2.38. The number of hydrogen-bond donors (Lipinski definition) is 2. The minimum atomic E-state index is 0.704. The van der Waals surface area contributed by atoms with Gasteiger partial charge in [0, 0.05) is 0 Å². The van der Waals surface area contributed by atoms with Crippen molar-refractivity contribution in [3.05, 3.63) is 131 Å². The first kappa shape index (κ1) is 31.1. The molecule has 0 radical (unpaired) electrons. The normalized spacial score (nSPS) is 11.7. The quantitative estimate of drug-likeness (QED) is 0.0942. The van der Waals surface area contributed by atoms with Gasteiger partial charge in [-0.05, 0) is 96.4 Å². The molecule has 0 saturated heterocycles. The highest BCUT2D eigenvalue weighted by molar-refractivity contribution is 6.04. The molecule has 0 heterocycles. The lowest BCUT2D eigenvalue weighted by molar-refractivity contribution is 0.304. The molecule has 42 heavy (non-hydrogen) atoms. The summed E-state index contributed by atoms with van der Waals surface area (Å²) in [7, 11) is 0. The van der Waals surface area contributed by atoms with Crippen LogP contribution in [0.4, 0.5) is 0 Å². The van der Waals surface area contributed by atoms with Gasteiger partial charge in [-0.15, -0.1) is 0 Å². The van der Waals surface area contributed by atoms with Crippen LogP contribution in [0.15, 0.2) is 109 Å². The molecule has 0 aliphatic rings. The van der Waals surface area contributed by atoms with Crippen LogP contribution in [0.5, 0.6) is 11.5 Å². The van der Waals surface area contributed by atoms with Crippen LogP contribution in [0.25, 0.3) is 11.1 Å². The van der Waals surface area contributed by atoms with Gasteiger partial charge in [0.25, 0.3) is 0 Å². The maximum Gasteiger partial charge on any atom is 0.119 e. The summed E-state index contributed by atoms with van der Waals surface area (Å²) < 4.78 is 12.4. The van der Waals surface area contributed by atoms with E-state index in [1.165, 1.54) is 0 Å². The van der Waals surface area contributed by atoms with E-state index < -0.39 is 0 Å². The number of benzene rings is 4. The van der Waals surface area contributed by atoms with E-state index in [1.807, 2.05) is 0 Å². The first-order chi connectivity index (χ1) is 20.8. The Morgan fingerprint density at radius 2 is 0.786 bits per heavy atom. The van der Waals surface area contributed by atoms with Gasteiger partial charge in [-0.1, -0.05) is 111 Å². The summed E-state index contributed by atoms with van der Waals surface area (Å²) in [5, 5.41) is 0. The minimum absolute atomic E-state index is 0.704. The van der Waals surface area contributed by atoms with Gasteiger partial charge >= 0.3 is 0 Å². The van der Waals surface area contributed by atoms with Gasteiger partial charge in [0.2, 0.25) is 0 Å². The minimum Gasteiger partial charge on any atom is -0.494 e. The zero-order chi connectivity index (χ0) is 29.2. The molecule has 220 valence electrons. The molecule has 4 aromatic carbocycles. The fourth-order valence-corrected chi connectivity index (χ4v) is 5.18. The first-order valence-corrected chi connectivity index (χ1v) is 15.5. The Hall–Kier alpha value is -3.86. The Bertz CT molecular complexity index is 1250. The summed E-state index contributed by atoms with van der Waals surface area (Å²) in [6.45, 7) is 2.92. The summed E-state index contributed by atoms with van der Waals surface area (Å²) in [5.41, 5.74) is 18.1. The Morgan fingerprint density at radius 1 is 0.405 bits per heavy atom. The summed E-state index contributed by atoms with van der Waals surface area (Å²) in [6, 6.07) is 38.3. The van der Waals surface area contributed by atoms with Crippen LogP contribution in [-0.4, -0.2) is 26.3 Å². The Balaban J connectivity index is 1.71. The second-order valence-corrected chi connectivity index (χ2v) is 10.6. The third-order valence-corrected chi connectivity index (χ3v) is 7.35. The summed E-state index contributed by atoms with van der Waals surface area (Å²) in [6.07, 6.45) is 8.78. The molecule has 0 atom stereocenters. The van der Waals surface area contributed by atoms with Gasteiger partial charge in [0.1, 0.15) is 11.5 Å². The van der Waals surface area contributed by atoms with Gasteiger partial charge < -0.3 is 20.9 Å². The molecule has 0 unspecified atom stereocenters. The van der Waals surface area contributed by atoms with Crippen LogP contribution >= 0.6 is 0 Å². The van der Waals surface area contributed by atoms with Gasteiger partial charge in [-0.25, -0.2) is 0 Å². The molecular weight excluding hydrogens is 516 g/mol. The highest BCUT2D eigenvalue weighted by Gasteiger charge is 2.17. The van der Waals surface area contributed by atoms with E-state index in [1.54, 1.807) is 0 Å². The largest absolute Gasteiger partial charge is 0.494 e. The predicted octanol–water partition coefficient (Wildman–Crippen LogP) is 8.49. The topological polar surface area (TPSA) is 70.5 Å². The number of rotatable bonds is 18. The zero-order valence-electron chi connectivity index (χ0n) is 24.8. The molecule has 0 amide bonds. The second kappa shape index (κ2) is 17.8. The van der Waals surface area contributed by atoms with Crippen molar-refractivity contribution in [2.24, 2.45) is 11.5 Å². The third-order valence-electron chi connectivity index (χ3n) is 7.35. The standard InChI is InChI=1S/C38H46N2O2/c39-25-11-1-3-13-27-41-35-23-15-21-33(29-35)37(31-17-7-5-8-18-31)38(32-19-9-6-10-20-32)34-22-16-24-36(30-34)42-28-14-4-2-12-26-40/h5-10,15-24,29-30H,1-4,11-14,25-28,39-40H2/b38-37-. The lowest BCUT2D eigenvalue weighted by Gasteiger charge is -2.19. The monoisotopic (exact) mass is 562 g/mol. The molecule has 4 rings (SSSR count).